The summed E-state index contributed by atoms with van der Waals surface area (Å²) in [4.78, 5) is 26.6. The van der Waals surface area contributed by atoms with E-state index in [4.69, 9.17) is 0 Å². The highest BCUT2D eigenvalue weighted by atomic mass is 32.1. The van der Waals surface area contributed by atoms with Gasteiger partial charge in [-0.3, -0.25) is 14.9 Å². The first-order valence-corrected chi connectivity index (χ1v) is 6.53. The molecule has 0 unspecified atom stereocenters. The summed E-state index contributed by atoms with van der Waals surface area (Å²) in [6.45, 7) is 6.82. The number of carbonyl (C=O) groups is 2. The number of ketones is 1. The topological polar surface area (TPSA) is 87.7 Å². The standard InChI is InChI=1S/C12H14N4O2S/c1-5-9(7(3)17)6(2)13-10(5)11(18)14-12-16-15-8(4)19-12/h13H,1-4H3,(H,14,16,18). The summed E-state index contributed by atoms with van der Waals surface area (Å²) in [5.74, 6) is -0.374. The van der Waals surface area contributed by atoms with Crippen molar-refractivity contribution in [1.29, 1.82) is 0 Å². The third-order valence-corrected chi connectivity index (χ3v) is 3.52. The van der Waals surface area contributed by atoms with E-state index in [0.29, 0.717) is 27.6 Å². The molecule has 19 heavy (non-hydrogen) atoms. The van der Waals surface area contributed by atoms with Crippen LogP contribution in [-0.4, -0.2) is 26.9 Å². The number of carbonyl (C=O) groups excluding carboxylic acids is 2. The molecule has 0 saturated carbocycles. The van der Waals surface area contributed by atoms with E-state index in [1.165, 1.54) is 18.3 Å². The van der Waals surface area contributed by atoms with Crippen LogP contribution in [0.1, 0.15) is 44.0 Å². The lowest BCUT2D eigenvalue weighted by Crippen LogP contribution is -2.13. The van der Waals surface area contributed by atoms with Crippen molar-refractivity contribution in [2.75, 3.05) is 5.32 Å². The first-order valence-electron chi connectivity index (χ1n) is 5.71. The highest BCUT2D eigenvalue weighted by Gasteiger charge is 2.20. The summed E-state index contributed by atoms with van der Waals surface area (Å²) in [7, 11) is 0. The molecule has 0 aliphatic carbocycles. The largest absolute Gasteiger partial charge is 0.354 e. The van der Waals surface area contributed by atoms with Crippen LogP contribution in [0.25, 0.3) is 0 Å². The first kappa shape index (κ1) is 13.4. The average Bonchev–Trinajstić information content (AvgIpc) is 2.82. The summed E-state index contributed by atoms with van der Waals surface area (Å²) in [6.07, 6.45) is 0. The zero-order valence-corrected chi connectivity index (χ0v) is 11.9. The Morgan fingerprint density at radius 2 is 1.89 bits per heavy atom. The minimum Gasteiger partial charge on any atom is -0.354 e. The van der Waals surface area contributed by atoms with Gasteiger partial charge in [-0.05, 0) is 33.3 Å². The summed E-state index contributed by atoms with van der Waals surface area (Å²) >= 11 is 1.30. The monoisotopic (exact) mass is 278 g/mol. The van der Waals surface area contributed by atoms with Crippen molar-refractivity contribution >= 4 is 28.2 Å². The zero-order chi connectivity index (χ0) is 14.2. The Morgan fingerprint density at radius 1 is 1.21 bits per heavy atom. The summed E-state index contributed by atoms with van der Waals surface area (Å²) in [5, 5.41) is 11.5. The van der Waals surface area contributed by atoms with Crippen LogP contribution in [0.3, 0.4) is 0 Å². The number of Topliss-reactive ketones (excluding diaryl/α,β-unsaturated/α-hetero) is 1. The van der Waals surface area contributed by atoms with E-state index < -0.39 is 0 Å². The van der Waals surface area contributed by atoms with Crippen molar-refractivity contribution in [3.8, 4) is 0 Å². The number of nitrogens with zero attached hydrogens (tertiary/aromatic N) is 2. The van der Waals surface area contributed by atoms with E-state index >= 15 is 0 Å². The maximum absolute atomic E-state index is 12.1. The van der Waals surface area contributed by atoms with Gasteiger partial charge in [0.25, 0.3) is 5.91 Å². The third kappa shape index (κ3) is 2.55. The van der Waals surface area contributed by atoms with Crippen LogP contribution < -0.4 is 5.32 Å². The smallest absolute Gasteiger partial charge is 0.274 e. The highest BCUT2D eigenvalue weighted by Crippen LogP contribution is 2.20. The Bertz CT molecular complexity index is 657. The number of anilines is 1. The minimum absolute atomic E-state index is 0.0583. The number of H-pyrrole nitrogens is 1. The average molecular weight is 278 g/mol. The predicted octanol–water partition coefficient (Wildman–Crippen LogP) is 2.25. The fourth-order valence-corrected chi connectivity index (χ4v) is 2.60. The second kappa shape index (κ2) is 4.93. The van der Waals surface area contributed by atoms with E-state index in [2.05, 4.69) is 20.5 Å². The maximum Gasteiger partial charge on any atom is 0.274 e. The van der Waals surface area contributed by atoms with Gasteiger partial charge in [-0.15, -0.1) is 10.2 Å². The van der Waals surface area contributed by atoms with Crippen molar-refractivity contribution in [2.45, 2.75) is 27.7 Å². The van der Waals surface area contributed by atoms with E-state index in [9.17, 15) is 9.59 Å². The van der Waals surface area contributed by atoms with Gasteiger partial charge in [0, 0.05) is 11.3 Å². The number of hydrogen-bond acceptors (Lipinski definition) is 5. The van der Waals surface area contributed by atoms with Crippen molar-refractivity contribution < 1.29 is 9.59 Å². The molecular weight excluding hydrogens is 264 g/mol. The van der Waals surface area contributed by atoms with E-state index in [1.807, 2.05) is 6.92 Å². The molecule has 1 amide bonds. The summed E-state index contributed by atoms with van der Waals surface area (Å²) < 4.78 is 0. The molecule has 2 aromatic rings. The fraction of sp³-hybridized carbons (Fsp3) is 0.333. The molecule has 0 aromatic carbocycles. The molecular formula is C12H14N4O2S. The van der Waals surface area contributed by atoms with E-state index in [1.54, 1.807) is 13.8 Å². The number of hydrogen-bond donors (Lipinski definition) is 2. The lowest BCUT2D eigenvalue weighted by molar-refractivity contribution is 0.101. The van der Waals surface area contributed by atoms with Gasteiger partial charge in [0.2, 0.25) is 5.13 Å². The fourth-order valence-electron chi connectivity index (χ4n) is 2.01. The molecule has 0 fully saturated rings. The molecule has 0 atom stereocenters. The van der Waals surface area contributed by atoms with Crippen LogP contribution in [0.4, 0.5) is 5.13 Å². The quantitative estimate of drug-likeness (QED) is 0.843. The minimum atomic E-state index is -0.316. The third-order valence-electron chi connectivity index (χ3n) is 2.76. The van der Waals surface area contributed by atoms with E-state index in [-0.39, 0.29) is 11.7 Å². The Kier molecular flexibility index (Phi) is 3.48. The van der Waals surface area contributed by atoms with Gasteiger partial charge < -0.3 is 4.98 Å². The lowest BCUT2D eigenvalue weighted by Gasteiger charge is -2.00. The highest BCUT2D eigenvalue weighted by molar-refractivity contribution is 7.15. The molecule has 2 heterocycles. The van der Waals surface area contributed by atoms with Crippen LogP contribution in [0.5, 0.6) is 0 Å². The molecule has 2 N–H and O–H groups in total. The van der Waals surface area contributed by atoms with Crippen LogP contribution in [-0.2, 0) is 0 Å². The van der Waals surface area contributed by atoms with Gasteiger partial charge in [-0.1, -0.05) is 11.3 Å². The SMILES string of the molecule is CC(=O)c1c(C)[nH]c(C(=O)Nc2nnc(C)s2)c1C. The first-order chi connectivity index (χ1) is 8.90. The van der Waals surface area contributed by atoms with Crippen molar-refractivity contribution in [3.05, 3.63) is 27.5 Å². The molecule has 2 aromatic heterocycles. The van der Waals surface area contributed by atoms with Gasteiger partial charge >= 0.3 is 0 Å². The van der Waals surface area contributed by atoms with E-state index in [0.717, 1.165) is 5.01 Å². The van der Waals surface area contributed by atoms with Gasteiger partial charge in [-0.25, -0.2) is 0 Å². The molecule has 0 spiro atoms. The van der Waals surface area contributed by atoms with Crippen LogP contribution in [0.2, 0.25) is 0 Å². The maximum atomic E-state index is 12.1. The summed E-state index contributed by atoms with van der Waals surface area (Å²) in [6, 6.07) is 0. The van der Waals surface area contributed by atoms with Gasteiger partial charge in [0.05, 0.1) is 0 Å². The number of aromatic amines is 1. The molecule has 6 nitrogen and oxygen atoms in total. The van der Waals surface area contributed by atoms with Crippen LogP contribution in [0, 0.1) is 20.8 Å². The number of aromatic nitrogens is 3. The molecule has 100 valence electrons. The normalized spacial score (nSPS) is 10.5. The second-order valence-electron chi connectivity index (χ2n) is 4.26. The van der Waals surface area contributed by atoms with Gasteiger partial charge in [0.1, 0.15) is 10.7 Å². The molecule has 0 radical (unpaired) electrons. The lowest BCUT2D eigenvalue weighted by atomic mass is 10.1. The van der Waals surface area contributed by atoms with Gasteiger partial charge in [0.15, 0.2) is 5.78 Å². The summed E-state index contributed by atoms with van der Waals surface area (Å²) in [5.41, 5.74) is 2.31. The van der Waals surface area contributed by atoms with Crippen LogP contribution in [0.15, 0.2) is 0 Å². The Morgan fingerprint density at radius 3 is 2.37 bits per heavy atom. The number of aryl methyl sites for hydroxylation is 2. The molecule has 0 saturated heterocycles. The van der Waals surface area contributed by atoms with Crippen molar-refractivity contribution in [2.24, 2.45) is 0 Å². The zero-order valence-electron chi connectivity index (χ0n) is 11.1. The Balaban J connectivity index is 2.29. The van der Waals surface area contributed by atoms with Crippen molar-refractivity contribution in [3.63, 3.8) is 0 Å². The molecule has 7 heteroatoms. The predicted molar refractivity (Wildman–Crippen MR) is 72.9 cm³/mol. The second-order valence-corrected chi connectivity index (χ2v) is 5.44. The van der Waals surface area contributed by atoms with Crippen LogP contribution >= 0.6 is 11.3 Å². The number of nitrogens with one attached hydrogen (secondary N) is 2. The Hall–Kier alpha value is -2.02. The van der Waals surface area contributed by atoms with Crippen molar-refractivity contribution in [1.82, 2.24) is 15.2 Å². The number of rotatable bonds is 3. The number of amides is 1. The Labute approximate surface area is 114 Å². The molecule has 0 aliphatic rings. The van der Waals surface area contributed by atoms with Gasteiger partial charge in [-0.2, -0.15) is 0 Å². The molecule has 2 rings (SSSR count). The molecule has 0 bridgehead atoms. The molecule has 0 aliphatic heterocycles.